The maximum absolute atomic E-state index is 13.3. The molecular weight excluding hydrogens is 515 g/mol. The molecule has 0 spiro atoms. The van der Waals surface area contributed by atoms with E-state index in [1.54, 1.807) is 68.1 Å². The summed E-state index contributed by atoms with van der Waals surface area (Å²) in [5.74, 6) is 0.353. The number of benzene rings is 1. The van der Waals surface area contributed by atoms with Crippen molar-refractivity contribution < 1.29 is 14.2 Å². The van der Waals surface area contributed by atoms with Gasteiger partial charge in [-0.1, -0.05) is 12.1 Å². The number of aliphatic hydroxyl groups is 1. The van der Waals surface area contributed by atoms with Gasteiger partial charge in [-0.25, -0.2) is 14.4 Å². The zero-order chi connectivity index (χ0) is 25.3. The Kier molecular flexibility index (Phi) is 6.82. The lowest BCUT2D eigenvalue weighted by Gasteiger charge is -2.17. The van der Waals surface area contributed by atoms with Gasteiger partial charge in [-0.3, -0.25) is 14.3 Å². The van der Waals surface area contributed by atoms with Crippen molar-refractivity contribution in [2.75, 3.05) is 0 Å². The molecule has 180 valence electrons. The lowest BCUT2D eigenvalue weighted by molar-refractivity contribution is 0.0688. The van der Waals surface area contributed by atoms with Crippen LogP contribution in [0.2, 0.25) is 0 Å². The molecule has 0 radical (unpaired) electrons. The summed E-state index contributed by atoms with van der Waals surface area (Å²) in [6, 6.07) is 11.3. The molecule has 35 heavy (non-hydrogen) atoms. The Bertz CT molecular complexity index is 1450. The molecule has 0 atom stereocenters. The zero-order valence-corrected chi connectivity index (χ0v) is 21.3. The monoisotopic (exact) mass is 538 g/mol. The highest BCUT2D eigenvalue weighted by Crippen LogP contribution is 2.27. The molecule has 1 aromatic carbocycles. The first-order chi connectivity index (χ1) is 16.5. The first kappa shape index (κ1) is 24.7. The van der Waals surface area contributed by atoms with E-state index in [9.17, 15) is 14.3 Å². The van der Waals surface area contributed by atoms with E-state index in [2.05, 4.69) is 30.9 Å². The van der Waals surface area contributed by atoms with Crippen LogP contribution in [0.5, 0.6) is 5.75 Å². The molecule has 0 aliphatic heterocycles. The molecule has 1 N–H and O–H groups in total. The van der Waals surface area contributed by atoms with Gasteiger partial charge in [0.25, 0.3) is 5.56 Å². The summed E-state index contributed by atoms with van der Waals surface area (Å²) in [6.07, 6.45) is 3.25. The molecule has 0 bridgehead atoms. The Morgan fingerprint density at radius 1 is 1.11 bits per heavy atom. The largest absolute Gasteiger partial charge is 0.487 e. The summed E-state index contributed by atoms with van der Waals surface area (Å²) in [5, 5.41) is 10.3. The lowest BCUT2D eigenvalue weighted by Crippen LogP contribution is -2.22. The molecule has 9 heteroatoms. The molecular formula is C26H24BrFN4O3. The Hall–Kier alpha value is -3.43. The van der Waals surface area contributed by atoms with Crippen molar-refractivity contribution >= 4 is 15.9 Å². The minimum atomic E-state index is -1.21. The Balaban J connectivity index is 1.70. The molecule has 4 rings (SSSR count). The number of ether oxygens (including phenoxy) is 1. The molecule has 0 unspecified atom stereocenters. The Labute approximate surface area is 210 Å². The Morgan fingerprint density at radius 2 is 1.83 bits per heavy atom. The standard InChI is InChI=1S/C26H24BrFN4O3/c1-15-13-30-25(26(3,4)34)31-23(15)20-12-19(9-10-29-20)32-16(2)11-21(22(27)24(32)33)35-14-17-5-7-18(28)8-6-17/h5-13,34H,14H2,1-4H3. The number of nitrogens with zero attached hydrogens (tertiary/aromatic N) is 4. The number of rotatable bonds is 6. The molecule has 0 amide bonds. The molecule has 0 fully saturated rings. The minimum absolute atomic E-state index is 0.192. The molecule has 7 nitrogen and oxygen atoms in total. The second-order valence-corrected chi connectivity index (χ2v) is 9.50. The molecule has 4 aromatic rings. The van der Waals surface area contributed by atoms with E-state index in [0.29, 0.717) is 28.5 Å². The quantitative estimate of drug-likeness (QED) is 0.371. The highest BCUT2D eigenvalue weighted by atomic mass is 79.9. The van der Waals surface area contributed by atoms with Crippen LogP contribution in [0.15, 0.2) is 64.1 Å². The molecule has 3 aromatic heterocycles. The summed E-state index contributed by atoms with van der Waals surface area (Å²) in [5.41, 5.74) is 2.44. The second-order valence-electron chi connectivity index (χ2n) is 8.70. The minimum Gasteiger partial charge on any atom is -0.487 e. The van der Waals surface area contributed by atoms with Crippen LogP contribution in [0.25, 0.3) is 17.1 Å². The summed E-state index contributed by atoms with van der Waals surface area (Å²) in [4.78, 5) is 26.5. The number of hydrogen-bond donors (Lipinski definition) is 1. The van der Waals surface area contributed by atoms with E-state index < -0.39 is 5.60 Å². The number of hydrogen-bond acceptors (Lipinski definition) is 6. The van der Waals surface area contributed by atoms with Gasteiger partial charge < -0.3 is 9.84 Å². The van der Waals surface area contributed by atoms with Crippen molar-refractivity contribution in [3.8, 4) is 22.8 Å². The van der Waals surface area contributed by atoms with E-state index >= 15 is 0 Å². The summed E-state index contributed by atoms with van der Waals surface area (Å²) in [7, 11) is 0. The third-order valence-electron chi connectivity index (χ3n) is 5.37. The van der Waals surface area contributed by atoms with Crippen molar-refractivity contribution in [2.24, 2.45) is 0 Å². The topological polar surface area (TPSA) is 90.1 Å². The fourth-order valence-corrected chi connectivity index (χ4v) is 3.94. The zero-order valence-electron chi connectivity index (χ0n) is 19.7. The third-order valence-corrected chi connectivity index (χ3v) is 6.10. The van der Waals surface area contributed by atoms with Gasteiger partial charge in [0.2, 0.25) is 0 Å². The average Bonchev–Trinajstić information content (AvgIpc) is 2.81. The Morgan fingerprint density at radius 3 is 2.51 bits per heavy atom. The van der Waals surface area contributed by atoms with Crippen molar-refractivity contribution in [3.63, 3.8) is 0 Å². The van der Waals surface area contributed by atoms with Crippen LogP contribution in [-0.4, -0.2) is 24.6 Å². The number of aromatic nitrogens is 4. The van der Waals surface area contributed by atoms with E-state index in [0.717, 1.165) is 11.1 Å². The molecule has 0 aliphatic carbocycles. The molecule has 0 saturated heterocycles. The smallest absolute Gasteiger partial charge is 0.273 e. The summed E-state index contributed by atoms with van der Waals surface area (Å²) >= 11 is 3.37. The second kappa shape index (κ2) is 9.67. The van der Waals surface area contributed by atoms with Crippen LogP contribution in [0.4, 0.5) is 4.39 Å². The van der Waals surface area contributed by atoms with Crippen molar-refractivity contribution in [3.05, 3.63) is 98.1 Å². The van der Waals surface area contributed by atoms with Gasteiger partial charge in [-0.15, -0.1) is 0 Å². The normalized spacial score (nSPS) is 11.5. The predicted octanol–water partition coefficient (Wildman–Crippen LogP) is 5.01. The lowest BCUT2D eigenvalue weighted by atomic mass is 10.1. The SMILES string of the molecule is Cc1cnc(C(C)(C)O)nc1-c1cc(-n2c(C)cc(OCc3ccc(F)cc3)c(Br)c2=O)ccn1. The van der Waals surface area contributed by atoms with Gasteiger partial charge in [0.05, 0.1) is 17.1 Å². The van der Waals surface area contributed by atoms with Crippen molar-refractivity contribution in [1.29, 1.82) is 0 Å². The highest BCUT2D eigenvalue weighted by Gasteiger charge is 2.22. The number of aryl methyl sites for hydroxylation is 2. The van der Waals surface area contributed by atoms with Gasteiger partial charge >= 0.3 is 0 Å². The van der Waals surface area contributed by atoms with E-state index in [-0.39, 0.29) is 28.3 Å². The maximum atomic E-state index is 13.3. The van der Waals surface area contributed by atoms with Crippen LogP contribution < -0.4 is 10.3 Å². The number of pyridine rings is 2. The van der Waals surface area contributed by atoms with Crippen LogP contribution in [0.1, 0.15) is 36.5 Å². The van der Waals surface area contributed by atoms with Crippen LogP contribution >= 0.6 is 15.9 Å². The summed E-state index contributed by atoms with van der Waals surface area (Å²) in [6.45, 7) is 7.09. The molecule has 0 saturated carbocycles. The third kappa shape index (κ3) is 5.31. The highest BCUT2D eigenvalue weighted by molar-refractivity contribution is 9.10. The van der Waals surface area contributed by atoms with E-state index in [4.69, 9.17) is 4.74 Å². The van der Waals surface area contributed by atoms with Crippen LogP contribution in [0, 0.1) is 19.7 Å². The fraction of sp³-hybridized carbons (Fsp3) is 0.231. The van der Waals surface area contributed by atoms with Crippen LogP contribution in [0.3, 0.4) is 0 Å². The van der Waals surface area contributed by atoms with Gasteiger partial charge in [0.1, 0.15) is 28.2 Å². The first-order valence-electron chi connectivity index (χ1n) is 10.9. The summed E-state index contributed by atoms with van der Waals surface area (Å²) < 4.78 is 20.8. The maximum Gasteiger partial charge on any atom is 0.273 e. The average molecular weight is 539 g/mol. The molecule has 0 aliphatic rings. The fourth-order valence-electron chi connectivity index (χ4n) is 3.53. The van der Waals surface area contributed by atoms with Crippen molar-refractivity contribution in [1.82, 2.24) is 19.5 Å². The van der Waals surface area contributed by atoms with Gasteiger partial charge in [-0.2, -0.15) is 0 Å². The van der Waals surface area contributed by atoms with Crippen molar-refractivity contribution in [2.45, 2.75) is 39.9 Å². The number of halogens is 2. The first-order valence-corrected chi connectivity index (χ1v) is 11.7. The van der Waals surface area contributed by atoms with Gasteiger partial charge in [0.15, 0.2) is 5.82 Å². The van der Waals surface area contributed by atoms with Gasteiger partial charge in [0, 0.05) is 24.2 Å². The van der Waals surface area contributed by atoms with Gasteiger partial charge in [-0.05, 0) is 79.0 Å². The van der Waals surface area contributed by atoms with Crippen LogP contribution in [-0.2, 0) is 12.2 Å². The molecule has 3 heterocycles. The van der Waals surface area contributed by atoms with E-state index in [1.807, 2.05) is 6.92 Å². The predicted molar refractivity (Wildman–Crippen MR) is 134 cm³/mol. The van der Waals surface area contributed by atoms with E-state index in [1.165, 1.54) is 12.1 Å².